The number of carbonyl (C=O) groups excluding carboxylic acids is 1. The van der Waals surface area contributed by atoms with Gasteiger partial charge in [0.15, 0.2) is 0 Å². The molecule has 1 aliphatic rings. The minimum Gasteiger partial charge on any atom is -0.497 e. The van der Waals surface area contributed by atoms with Crippen LogP contribution >= 0.6 is 0 Å². The van der Waals surface area contributed by atoms with E-state index >= 15 is 0 Å². The standard InChI is InChI=1S/C15H21NO3/c1-12(17)16-11-15(7-9-19-10-8-15)13-3-5-14(18-2)6-4-13/h3-6H,7-11H2,1-2H3,(H,16,17). The maximum Gasteiger partial charge on any atom is 0.216 e. The lowest BCUT2D eigenvalue weighted by Crippen LogP contribution is -2.44. The SMILES string of the molecule is COc1ccc(C2(CNC(C)=O)CCOCC2)cc1. The highest BCUT2D eigenvalue weighted by Crippen LogP contribution is 2.35. The van der Waals surface area contributed by atoms with Crippen molar-refractivity contribution in [2.45, 2.75) is 25.2 Å². The topological polar surface area (TPSA) is 47.6 Å². The summed E-state index contributed by atoms with van der Waals surface area (Å²) < 4.78 is 10.7. The van der Waals surface area contributed by atoms with Crippen molar-refractivity contribution in [1.29, 1.82) is 0 Å². The zero-order chi connectivity index (χ0) is 13.7. The van der Waals surface area contributed by atoms with Crippen molar-refractivity contribution in [3.63, 3.8) is 0 Å². The van der Waals surface area contributed by atoms with Gasteiger partial charge in [-0.15, -0.1) is 0 Å². The number of hydrogen-bond donors (Lipinski definition) is 1. The van der Waals surface area contributed by atoms with Crippen molar-refractivity contribution < 1.29 is 14.3 Å². The van der Waals surface area contributed by atoms with E-state index in [0.29, 0.717) is 6.54 Å². The van der Waals surface area contributed by atoms with E-state index in [1.807, 2.05) is 12.1 Å². The average Bonchev–Trinajstić information content (AvgIpc) is 2.46. The van der Waals surface area contributed by atoms with Crippen molar-refractivity contribution in [2.24, 2.45) is 0 Å². The Bertz CT molecular complexity index is 422. The van der Waals surface area contributed by atoms with Crippen LogP contribution in [-0.2, 0) is 14.9 Å². The van der Waals surface area contributed by atoms with E-state index in [1.54, 1.807) is 14.0 Å². The third kappa shape index (κ3) is 3.26. The molecule has 0 atom stereocenters. The predicted octanol–water partition coefficient (Wildman–Crippen LogP) is 1.88. The first kappa shape index (κ1) is 13.9. The van der Waals surface area contributed by atoms with Crippen LogP contribution in [0.15, 0.2) is 24.3 Å². The van der Waals surface area contributed by atoms with Gasteiger partial charge in [-0.3, -0.25) is 4.79 Å². The van der Waals surface area contributed by atoms with Crippen LogP contribution in [0.5, 0.6) is 5.75 Å². The second-order valence-corrected chi connectivity index (χ2v) is 5.03. The van der Waals surface area contributed by atoms with E-state index in [4.69, 9.17) is 9.47 Å². The Labute approximate surface area is 114 Å². The van der Waals surface area contributed by atoms with Crippen molar-refractivity contribution in [2.75, 3.05) is 26.9 Å². The molecule has 1 heterocycles. The van der Waals surface area contributed by atoms with Crippen LogP contribution in [-0.4, -0.2) is 32.8 Å². The van der Waals surface area contributed by atoms with Gasteiger partial charge in [0.2, 0.25) is 5.91 Å². The van der Waals surface area contributed by atoms with Gasteiger partial charge in [-0.25, -0.2) is 0 Å². The summed E-state index contributed by atoms with van der Waals surface area (Å²) in [6.45, 7) is 3.70. The molecule has 0 aromatic heterocycles. The van der Waals surface area contributed by atoms with Crippen LogP contribution in [0.4, 0.5) is 0 Å². The van der Waals surface area contributed by atoms with E-state index < -0.39 is 0 Å². The van der Waals surface area contributed by atoms with E-state index in [9.17, 15) is 4.79 Å². The Balaban J connectivity index is 2.21. The lowest BCUT2D eigenvalue weighted by atomic mass is 9.74. The highest BCUT2D eigenvalue weighted by Gasteiger charge is 2.34. The molecule has 0 radical (unpaired) electrons. The Kier molecular flexibility index (Phi) is 4.43. The molecule has 0 aliphatic carbocycles. The molecule has 0 unspecified atom stereocenters. The second kappa shape index (κ2) is 6.06. The molecule has 1 fully saturated rings. The fourth-order valence-electron chi connectivity index (χ4n) is 2.57. The quantitative estimate of drug-likeness (QED) is 0.902. The molecule has 0 spiro atoms. The fourth-order valence-corrected chi connectivity index (χ4v) is 2.57. The molecule has 2 rings (SSSR count). The summed E-state index contributed by atoms with van der Waals surface area (Å²) in [5.41, 5.74) is 1.22. The third-order valence-corrected chi connectivity index (χ3v) is 3.83. The summed E-state index contributed by atoms with van der Waals surface area (Å²) in [5, 5.41) is 2.96. The molecular weight excluding hydrogens is 242 g/mol. The average molecular weight is 263 g/mol. The molecule has 1 saturated heterocycles. The molecule has 19 heavy (non-hydrogen) atoms. The van der Waals surface area contributed by atoms with Crippen LogP contribution in [0.2, 0.25) is 0 Å². The first-order valence-electron chi connectivity index (χ1n) is 6.63. The maximum atomic E-state index is 11.2. The Morgan fingerprint density at radius 3 is 2.47 bits per heavy atom. The second-order valence-electron chi connectivity index (χ2n) is 5.03. The number of ether oxygens (including phenoxy) is 2. The minimum atomic E-state index is -0.0177. The Hall–Kier alpha value is -1.55. The Morgan fingerprint density at radius 1 is 1.32 bits per heavy atom. The molecule has 1 aromatic rings. The van der Waals surface area contributed by atoms with Crippen LogP contribution < -0.4 is 10.1 Å². The summed E-state index contributed by atoms with van der Waals surface area (Å²) in [7, 11) is 1.66. The van der Waals surface area contributed by atoms with Crippen LogP contribution in [0.25, 0.3) is 0 Å². The van der Waals surface area contributed by atoms with Gasteiger partial charge >= 0.3 is 0 Å². The molecule has 1 aliphatic heterocycles. The normalized spacial score (nSPS) is 17.8. The minimum absolute atomic E-state index is 0.0133. The molecule has 104 valence electrons. The first-order chi connectivity index (χ1) is 9.16. The fraction of sp³-hybridized carbons (Fsp3) is 0.533. The van der Waals surface area contributed by atoms with Crippen LogP contribution in [0.3, 0.4) is 0 Å². The number of methoxy groups -OCH3 is 1. The van der Waals surface area contributed by atoms with Gasteiger partial charge < -0.3 is 14.8 Å². The maximum absolute atomic E-state index is 11.2. The molecule has 0 bridgehead atoms. The molecular formula is C15H21NO3. The summed E-state index contributed by atoms with van der Waals surface area (Å²) >= 11 is 0. The molecule has 1 N–H and O–H groups in total. The van der Waals surface area contributed by atoms with E-state index in [-0.39, 0.29) is 11.3 Å². The zero-order valence-corrected chi connectivity index (χ0v) is 11.6. The highest BCUT2D eigenvalue weighted by atomic mass is 16.5. The van der Waals surface area contributed by atoms with Gasteiger partial charge in [-0.05, 0) is 30.5 Å². The molecule has 4 nitrogen and oxygen atoms in total. The van der Waals surface area contributed by atoms with E-state index in [0.717, 1.165) is 31.8 Å². The smallest absolute Gasteiger partial charge is 0.216 e. The van der Waals surface area contributed by atoms with Gasteiger partial charge in [0.1, 0.15) is 5.75 Å². The highest BCUT2D eigenvalue weighted by molar-refractivity contribution is 5.73. The van der Waals surface area contributed by atoms with Gasteiger partial charge in [0.25, 0.3) is 0 Å². The summed E-state index contributed by atoms with van der Waals surface area (Å²) in [6, 6.07) is 8.12. The molecule has 1 amide bonds. The lowest BCUT2D eigenvalue weighted by molar-refractivity contribution is -0.119. The van der Waals surface area contributed by atoms with Gasteiger partial charge in [0.05, 0.1) is 7.11 Å². The third-order valence-electron chi connectivity index (χ3n) is 3.83. The number of hydrogen-bond acceptors (Lipinski definition) is 3. The summed E-state index contributed by atoms with van der Waals surface area (Å²) in [5.74, 6) is 0.866. The van der Waals surface area contributed by atoms with Crippen molar-refractivity contribution >= 4 is 5.91 Å². The number of benzene rings is 1. The predicted molar refractivity (Wildman–Crippen MR) is 73.4 cm³/mol. The number of rotatable bonds is 4. The molecule has 0 saturated carbocycles. The van der Waals surface area contributed by atoms with Gasteiger partial charge in [-0.2, -0.15) is 0 Å². The van der Waals surface area contributed by atoms with Crippen molar-refractivity contribution in [1.82, 2.24) is 5.32 Å². The van der Waals surface area contributed by atoms with Gasteiger partial charge in [0, 0.05) is 32.1 Å². The Morgan fingerprint density at radius 2 is 1.95 bits per heavy atom. The molecule has 4 heteroatoms. The van der Waals surface area contributed by atoms with E-state index in [1.165, 1.54) is 5.56 Å². The van der Waals surface area contributed by atoms with Crippen LogP contribution in [0, 0.1) is 0 Å². The largest absolute Gasteiger partial charge is 0.497 e. The number of nitrogens with one attached hydrogen (secondary N) is 1. The molecule has 1 aromatic carbocycles. The first-order valence-corrected chi connectivity index (χ1v) is 6.63. The number of amides is 1. The van der Waals surface area contributed by atoms with Crippen molar-refractivity contribution in [3.05, 3.63) is 29.8 Å². The summed E-state index contributed by atoms with van der Waals surface area (Å²) in [6.07, 6.45) is 1.86. The van der Waals surface area contributed by atoms with Crippen LogP contribution in [0.1, 0.15) is 25.3 Å². The van der Waals surface area contributed by atoms with Crippen molar-refractivity contribution in [3.8, 4) is 5.75 Å². The lowest BCUT2D eigenvalue weighted by Gasteiger charge is -2.38. The summed E-state index contributed by atoms with van der Waals surface area (Å²) in [4.78, 5) is 11.2. The zero-order valence-electron chi connectivity index (χ0n) is 11.6. The monoisotopic (exact) mass is 263 g/mol. The number of carbonyl (C=O) groups is 1. The van der Waals surface area contributed by atoms with Gasteiger partial charge in [-0.1, -0.05) is 12.1 Å². The van der Waals surface area contributed by atoms with E-state index in [2.05, 4.69) is 17.4 Å².